The predicted molar refractivity (Wildman–Crippen MR) is 80.3 cm³/mol. The number of likely N-dealkylation sites (N-methyl/N-ethyl adjacent to an activating group) is 1. The Morgan fingerprint density at radius 1 is 1.45 bits per heavy atom. The Kier molecular flexibility index (Phi) is 5.59. The van der Waals surface area contributed by atoms with Gasteiger partial charge in [0.25, 0.3) is 5.91 Å². The highest BCUT2D eigenvalue weighted by Crippen LogP contribution is 2.17. The lowest BCUT2D eigenvalue weighted by Crippen LogP contribution is -2.42. The molecule has 1 N–H and O–H groups in total. The highest BCUT2D eigenvalue weighted by atomic mass is 35.5. The van der Waals surface area contributed by atoms with Gasteiger partial charge < -0.3 is 10.0 Å². The molecule has 1 aromatic heterocycles. The fourth-order valence-corrected chi connectivity index (χ4v) is 2.42. The van der Waals surface area contributed by atoms with Gasteiger partial charge in [0.05, 0.1) is 23.4 Å². The SMILES string of the molecule is CCN(CC(C)(C)O)C(=O)c1c(C)nn(CCCl)c1C. The Morgan fingerprint density at radius 2 is 2.05 bits per heavy atom. The maximum atomic E-state index is 12.6. The van der Waals surface area contributed by atoms with Crippen LogP contribution in [0.3, 0.4) is 0 Å². The molecule has 0 aliphatic heterocycles. The van der Waals surface area contributed by atoms with Gasteiger partial charge in [-0.05, 0) is 34.6 Å². The van der Waals surface area contributed by atoms with E-state index in [2.05, 4.69) is 5.10 Å². The summed E-state index contributed by atoms with van der Waals surface area (Å²) in [7, 11) is 0. The number of aromatic nitrogens is 2. The summed E-state index contributed by atoms with van der Waals surface area (Å²) < 4.78 is 1.76. The minimum absolute atomic E-state index is 0.0922. The van der Waals surface area contributed by atoms with Crippen molar-refractivity contribution in [3.8, 4) is 0 Å². The van der Waals surface area contributed by atoms with Gasteiger partial charge in [0.2, 0.25) is 0 Å². The van der Waals surface area contributed by atoms with E-state index in [0.29, 0.717) is 36.8 Å². The molecule has 1 aromatic rings. The van der Waals surface area contributed by atoms with Gasteiger partial charge in [-0.25, -0.2) is 0 Å². The normalized spacial score (nSPS) is 11.8. The number of amides is 1. The summed E-state index contributed by atoms with van der Waals surface area (Å²) >= 11 is 5.74. The number of alkyl halides is 1. The zero-order valence-corrected chi connectivity index (χ0v) is 13.7. The molecule has 20 heavy (non-hydrogen) atoms. The van der Waals surface area contributed by atoms with Crippen LogP contribution in [0.2, 0.25) is 0 Å². The van der Waals surface area contributed by atoms with E-state index in [1.807, 2.05) is 20.8 Å². The number of hydrogen-bond acceptors (Lipinski definition) is 3. The smallest absolute Gasteiger partial charge is 0.257 e. The van der Waals surface area contributed by atoms with Gasteiger partial charge in [0.1, 0.15) is 0 Å². The van der Waals surface area contributed by atoms with Crippen molar-refractivity contribution >= 4 is 17.5 Å². The fraction of sp³-hybridized carbons (Fsp3) is 0.714. The van der Waals surface area contributed by atoms with Crippen molar-refractivity contribution < 1.29 is 9.90 Å². The first-order valence-electron chi connectivity index (χ1n) is 6.83. The number of rotatable bonds is 6. The van der Waals surface area contributed by atoms with Crippen LogP contribution in [0, 0.1) is 13.8 Å². The lowest BCUT2D eigenvalue weighted by Gasteiger charge is -2.28. The first-order valence-corrected chi connectivity index (χ1v) is 7.36. The second-order valence-corrected chi connectivity index (χ2v) is 5.97. The monoisotopic (exact) mass is 301 g/mol. The van der Waals surface area contributed by atoms with Gasteiger partial charge in [-0.2, -0.15) is 5.10 Å². The summed E-state index contributed by atoms with van der Waals surface area (Å²) in [5, 5.41) is 14.3. The summed E-state index contributed by atoms with van der Waals surface area (Å²) in [5.74, 6) is 0.363. The molecule has 0 radical (unpaired) electrons. The van der Waals surface area contributed by atoms with Crippen LogP contribution in [0.25, 0.3) is 0 Å². The van der Waals surface area contributed by atoms with E-state index in [4.69, 9.17) is 11.6 Å². The molecule has 6 heteroatoms. The Bertz CT molecular complexity index is 477. The maximum Gasteiger partial charge on any atom is 0.257 e. The number of nitrogens with zero attached hydrogens (tertiary/aromatic N) is 3. The minimum Gasteiger partial charge on any atom is -0.389 e. The van der Waals surface area contributed by atoms with Crippen molar-refractivity contribution in [1.29, 1.82) is 0 Å². The predicted octanol–water partition coefficient (Wildman–Crippen LogP) is 1.97. The van der Waals surface area contributed by atoms with Crippen molar-refractivity contribution in [1.82, 2.24) is 14.7 Å². The van der Waals surface area contributed by atoms with Crippen LogP contribution in [-0.4, -0.2) is 50.3 Å². The molecule has 0 aromatic carbocycles. The Balaban J connectivity index is 3.07. The van der Waals surface area contributed by atoms with E-state index in [1.165, 1.54) is 0 Å². The number of carbonyl (C=O) groups is 1. The highest BCUT2D eigenvalue weighted by molar-refractivity contribution is 6.17. The number of aliphatic hydroxyl groups is 1. The van der Waals surface area contributed by atoms with E-state index in [9.17, 15) is 9.90 Å². The topological polar surface area (TPSA) is 58.4 Å². The van der Waals surface area contributed by atoms with E-state index < -0.39 is 5.60 Å². The molecule has 0 aliphatic carbocycles. The van der Waals surface area contributed by atoms with Crippen LogP contribution in [0.4, 0.5) is 0 Å². The number of aryl methyl sites for hydroxylation is 2. The second-order valence-electron chi connectivity index (χ2n) is 5.59. The van der Waals surface area contributed by atoms with Crippen LogP contribution in [-0.2, 0) is 6.54 Å². The van der Waals surface area contributed by atoms with Crippen molar-refractivity contribution in [3.63, 3.8) is 0 Å². The fourth-order valence-electron chi connectivity index (χ4n) is 2.26. The molecule has 0 spiro atoms. The standard InChI is InChI=1S/C14H24ClN3O2/c1-6-17(9-14(4,5)20)13(19)12-10(2)16-18(8-7-15)11(12)3/h20H,6-9H2,1-5H3. The van der Waals surface area contributed by atoms with E-state index in [0.717, 1.165) is 5.69 Å². The largest absolute Gasteiger partial charge is 0.389 e. The van der Waals surface area contributed by atoms with Crippen LogP contribution in [0.15, 0.2) is 0 Å². The molecule has 114 valence electrons. The Hall–Kier alpha value is -1.07. The summed E-state index contributed by atoms with van der Waals surface area (Å²) in [6.07, 6.45) is 0. The van der Waals surface area contributed by atoms with E-state index in [-0.39, 0.29) is 5.91 Å². The zero-order valence-electron chi connectivity index (χ0n) is 12.9. The lowest BCUT2D eigenvalue weighted by atomic mass is 10.1. The molecule has 1 heterocycles. The summed E-state index contributed by atoms with van der Waals surface area (Å²) in [6, 6.07) is 0. The van der Waals surface area contributed by atoms with Gasteiger partial charge in [-0.15, -0.1) is 11.6 Å². The highest BCUT2D eigenvalue weighted by Gasteiger charge is 2.26. The van der Waals surface area contributed by atoms with Gasteiger partial charge in [-0.1, -0.05) is 0 Å². The molecule has 1 amide bonds. The van der Waals surface area contributed by atoms with Crippen molar-refractivity contribution in [2.45, 2.75) is 46.8 Å². The van der Waals surface area contributed by atoms with Crippen LogP contribution >= 0.6 is 11.6 Å². The third-order valence-corrected chi connectivity index (χ3v) is 3.31. The first-order chi connectivity index (χ1) is 9.21. The Labute approximate surface area is 125 Å². The summed E-state index contributed by atoms with van der Waals surface area (Å²) in [6.45, 7) is 10.4. The average molecular weight is 302 g/mol. The summed E-state index contributed by atoms with van der Waals surface area (Å²) in [4.78, 5) is 14.3. The first kappa shape index (κ1) is 17.0. The number of halogens is 1. The maximum absolute atomic E-state index is 12.6. The third kappa shape index (κ3) is 3.96. The quantitative estimate of drug-likeness (QED) is 0.817. The number of carbonyl (C=O) groups excluding carboxylic acids is 1. The third-order valence-electron chi connectivity index (χ3n) is 3.14. The van der Waals surface area contributed by atoms with Gasteiger partial charge in [-0.3, -0.25) is 9.48 Å². The molecule has 0 aliphatic rings. The van der Waals surface area contributed by atoms with Crippen molar-refractivity contribution in [3.05, 3.63) is 17.0 Å². The van der Waals surface area contributed by atoms with Crippen molar-refractivity contribution in [2.24, 2.45) is 0 Å². The van der Waals surface area contributed by atoms with Crippen LogP contribution in [0.1, 0.15) is 42.5 Å². The zero-order chi connectivity index (χ0) is 15.5. The van der Waals surface area contributed by atoms with Gasteiger partial charge >= 0.3 is 0 Å². The molecule has 0 saturated carbocycles. The lowest BCUT2D eigenvalue weighted by molar-refractivity contribution is 0.0313. The molecule has 5 nitrogen and oxygen atoms in total. The average Bonchev–Trinajstić information content (AvgIpc) is 2.60. The molecule has 0 saturated heterocycles. The van der Waals surface area contributed by atoms with Crippen LogP contribution < -0.4 is 0 Å². The van der Waals surface area contributed by atoms with E-state index in [1.54, 1.807) is 23.4 Å². The van der Waals surface area contributed by atoms with E-state index >= 15 is 0 Å². The van der Waals surface area contributed by atoms with Crippen molar-refractivity contribution in [2.75, 3.05) is 19.0 Å². The number of hydrogen-bond donors (Lipinski definition) is 1. The molecule has 1 rings (SSSR count). The molecule has 0 fully saturated rings. The molecule has 0 unspecified atom stereocenters. The van der Waals surface area contributed by atoms with Gasteiger partial charge in [0, 0.05) is 24.7 Å². The summed E-state index contributed by atoms with van der Waals surface area (Å²) in [5.41, 5.74) is 1.22. The molecule has 0 atom stereocenters. The second kappa shape index (κ2) is 6.59. The Morgan fingerprint density at radius 3 is 2.50 bits per heavy atom. The molecule has 0 bridgehead atoms. The minimum atomic E-state index is -0.917. The van der Waals surface area contributed by atoms with Crippen LogP contribution in [0.5, 0.6) is 0 Å². The molecular weight excluding hydrogens is 278 g/mol. The van der Waals surface area contributed by atoms with Gasteiger partial charge in [0.15, 0.2) is 0 Å². The molecular formula is C14H24ClN3O2.